The molecule has 4 aromatic rings. The number of aryl methyl sites for hydroxylation is 2. The van der Waals surface area contributed by atoms with E-state index in [2.05, 4.69) is 15.0 Å². The Balaban J connectivity index is 1.49. The smallest absolute Gasteiger partial charge is 0.276 e. The molecule has 0 atom stereocenters. The summed E-state index contributed by atoms with van der Waals surface area (Å²) in [5, 5.41) is 3.17. The molecule has 142 valence electrons. The Morgan fingerprint density at radius 1 is 1.21 bits per heavy atom. The maximum absolute atomic E-state index is 13.0. The van der Waals surface area contributed by atoms with Gasteiger partial charge in [-0.3, -0.25) is 19.8 Å². The van der Waals surface area contributed by atoms with Crippen molar-refractivity contribution in [3.8, 4) is 11.3 Å². The van der Waals surface area contributed by atoms with Crippen molar-refractivity contribution in [2.24, 2.45) is 0 Å². The van der Waals surface area contributed by atoms with Gasteiger partial charge in [-0.05, 0) is 38.5 Å². The molecule has 5 heterocycles. The predicted octanol–water partition coefficient (Wildman–Crippen LogP) is 2.85. The molecule has 0 spiro atoms. The molecular formula is C21H21N5O2. The molecule has 0 saturated heterocycles. The summed E-state index contributed by atoms with van der Waals surface area (Å²) < 4.78 is 6.92. The van der Waals surface area contributed by atoms with Gasteiger partial charge in [-0.2, -0.15) is 0 Å². The van der Waals surface area contributed by atoms with Crippen LogP contribution in [0.1, 0.15) is 28.4 Å². The third-order valence-electron chi connectivity index (χ3n) is 5.33. The molecule has 7 nitrogen and oxygen atoms in total. The summed E-state index contributed by atoms with van der Waals surface area (Å²) in [7, 11) is 0. The van der Waals surface area contributed by atoms with E-state index >= 15 is 0 Å². The van der Waals surface area contributed by atoms with E-state index in [1.54, 1.807) is 10.8 Å². The van der Waals surface area contributed by atoms with Crippen LogP contribution in [0.4, 0.5) is 0 Å². The van der Waals surface area contributed by atoms with Gasteiger partial charge >= 0.3 is 0 Å². The van der Waals surface area contributed by atoms with Crippen molar-refractivity contribution in [2.45, 2.75) is 33.4 Å². The Kier molecular flexibility index (Phi) is 3.91. The number of nitrogens with zero attached hydrogens (tertiary/aromatic N) is 4. The molecule has 0 unspecified atom stereocenters. The number of aromatic amines is 1. The molecule has 0 bridgehead atoms. The number of rotatable bonds is 3. The first-order chi connectivity index (χ1) is 13.6. The fourth-order valence-corrected chi connectivity index (χ4v) is 3.90. The highest BCUT2D eigenvalue weighted by atomic mass is 16.3. The van der Waals surface area contributed by atoms with E-state index < -0.39 is 0 Å². The van der Waals surface area contributed by atoms with E-state index in [9.17, 15) is 4.79 Å². The van der Waals surface area contributed by atoms with Gasteiger partial charge in [0.05, 0.1) is 23.3 Å². The molecule has 1 aliphatic heterocycles. The number of pyridine rings is 1. The minimum atomic E-state index is -0.0132. The average molecular weight is 375 g/mol. The fraction of sp³-hybridized carbons (Fsp3) is 0.286. The maximum atomic E-state index is 13.0. The molecule has 1 aliphatic rings. The van der Waals surface area contributed by atoms with Crippen LogP contribution in [0.5, 0.6) is 0 Å². The summed E-state index contributed by atoms with van der Waals surface area (Å²) in [6, 6.07) is 9.87. The van der Waals surface area contributed by atoms with E-state index in [1.165, 1.54) is 0 Å². The van der Waals surface area contributed by atoms with Crippen LogP contribution in [0, 0.1) is 13.8 Å². The van der Waals surface area contributed by atoms with Crippen LogP contribution in [-0.4, -0.2) is 31.0 Å². The van der Waals surface area contributed by atoms with Crippen molar-refractivity contribution in [3.05, 3.63) is 75.4 Å². The van der Waals surface area contributed by atoms with Crippen molar-refractivity contribution in [2.75, 3.05) is 6.54 Å². The van der Waals surface area contributed by atoms with Crippen molar-refractivity contribution in [1.82, 2.24) is 24.5 Å². The number of aromatic nitrogens is 4. The molecule has 4 aromatic heterocycles. The van der Waals surface area contributed by atoms with Crippen LogP contribution in [0.2, 0.25) is 0 Å². The highest BCUT2D eigenvalue weighted by Crippen LogP contribution is 2.24. The van der Waals surface area contributed by atoms with Gasteiger partial charge in [-0.1, -0.05) is 6.07 Å². The lowest BCUT2D eigenvalue weighted by Crippen LogP contribution is -2.36. The molecule has 0 saturated carbocycles. The molecule has 0 aromatic carbocycles. The quantitative estimate of drug-likeness (QED) is 0.596. The lowest BCUT2D eigenvalue weighted by molar-refractivity contribution is 0.237. The number of H-pyrrole nitrogens is 1. The number of furan rings is 1. The minimum Gasteiger partial charge on any atom is -0.469 e. The number of hydrogen-bond donors (Lipinski definition) is 1. The highest BCUT2D eigenvalue weighted by molar-refractivity contribution is 5.65. The number of hydrogen-bond acceptors (Lipinski definition) is 5. The predicted molar refractivity (Wildman–Crippen MR) is 105 cm³/mol. The van der Waals surface area contributed by atoms with E-state index in [1.807, 2.05) is 44.2 Å². The maximum Gasteiger partial charge on any atom is 0.276 e. The SMILES string of the molecule is Cc1cccc(CN2CCc3c(nc4cc(-c5ccoc5C)[nH]n4c3=O)C2)n1. The number of nitrogens with one attached hydrogen (secondary N) is 1. The van der Waals surface area contributed by atoms with Gasteiger partial charge in [0.1, 0.15) is 5.76 Å². The first-order valence-corrected chi connectivity index (χ1v) is 9.41. The van der Waals surface area contributed by atoms with Gasteiger partial charge in [-0.25, -0.2) is 9.50 Å². The lowest BCUT2D eigenvalue weighted by Gasteiger charge is -2.27. The summed E-state index contributed by atoms with van der Waals surface area (Å²) in [6.07, 6.45) is 2.34. The molecule has 0 fully saturated rings. The zero-order chi connectivity index (χ0) is 19.3. The highest BCUT2D eigenvalue weighted by Gasteiger charge is 2.23. The minimum absolute atomic E-state index is 0.0132. The molecule has 1 N–H and O–H groups in total. The second kappa shape index (κ2) is 6.45. The molecule has 28 heavy (non-hydrogen) atoms. The van der Waals surface area contributed by atoms with Gasteiger partial charge in [0.2, 0.25) is 0 Å². The standard InChI is InChI=1S/C21H21N5O2/c1-13-4-3-5-15(22-13)11-25-8-6-17-19(12-25)23-20-10-18(24-26(20)21(17)27)16-7-9-28-14(16)2/h3-5,7,9-10,24H,6,8,11-12H2,1-2H3. The Bertz CT molecular complexity index is 1230. The topological polar surface area (TPSA) is 79.4 Å². The second-order valence-corrected chi connectivity index (χ2v) is 7.33. The fourth-order valence-electron chi connectivity index (χ4n) is 3.90. The van der Waals surface area contributed by atoms with Crippen LogP contribution >= 0.6 is 0 Å². The molecule has 0 aliphatic carbocycles. The zero-order valence-electron chi connectivity index (χ0n) is 15.9. The molecule has 7 heteroatoms. The third kappa shape index (κ3) is 2.84. The Labute approximate surface area is 161 Å². The first kappa shape index (κ1) is 16.9. The van der Waals surface area contributed by atoms with E-state index in [0.29, 0.717) is 18.6 Å². The number of fused-ring (bicyclic) bond motifs is 2. The Morgan fingerprint density at radius 2 is 2.11 bits per heavy atom. The summed E-state index contributed by atoms with van der Waals surface area (Å²) in [6.45, 7) is 6.13. The Morgan fingerprint density at radius 3 is 2.89 bits per heavy atom. The summed E-state index contributed by atoms with van der Waals surface area (Å²) >= 11 is 0. The lowest BCUT2D eigenvalue weighted by atomic mass is 10.1. The van der Waals surface area contributed by atoms with E-state index in [4.69, 9.17) is 9.40 Å². The van der Waals surface area contributed by atoms with Crippen LogP contribution in [0.25, 0.3) is 16.9 Å². The Hall–Kier alpha value is -3.19. The van der Waals surface area contributed by atoms with Crippen LogP contribution in [0.3, 0.4) is 0 Å². The van der Waals surface area contributed by atoms with Gasteiger partial charge in [0.25, 0.3) is 5.56 Å². The summed E-state index contributed by atoms with van der Waals surface area (Å²) in [4.78, 5) is 24.7. The zero-order valence-corrected chi connectivity index (χ0v) is 15.9. The summed E-state index contributed by atoms with van der Waals surface area (Å²) in [5.74, 6) is 0.807. The van der Waals surface area contributed by atoms with Gasteiger partial charge in [0.15, 0.2) is 5.65 Å². The van der Waals surface area contributed by atoms with Crippen molar-refractivity contribution >= 4 is 5.65 Å². The van der Waals surface area contributed by atoms with Crippen molar-refractivity contribution in [3.63, 3.8) is 0 Å². The van der Waals surface area contributed by atoms with Gasteiger partial charge in [0, 0.05) is 42.5 Å². The van der Waals surface area contributed by atoms with E-state index in [0.717, 1.165) is 52.8 Å². The second-order valence-electron chi connectivity index (χ2n) is 7.33. The molecule has 5 rings (SSSR count). The molecule has 0 amide bonds. The summed E-state index contributed by atoms with van der Waals surface area (Å²) in [5.41, 5.74) is 6.11. The monoisotopic (exact) mass is 375 g/mol. The molecule has 0 radical (unpaired) electrons. The van der Waals surface area contributed by atoms with Gasteiger partial charge in [-0.15, -0.1) is 0 Å². The van der Waals surface area contributed by atoms with Crippen molar-refractivity contribution in [1.29, 1.82) is 0 Å². The van der Waals surface area contributed by atoms with Crippen molar-refractivity contribution < 1.29 is 4.42 Å². The van der Waals surface area contributed by atoms with E-state index in [-0.39, 0.29) is 5.56 Å². The normalized spacial score (nSPS) is 14.5. The largest absolute Gasteiger partial charge is 0.469 e. The van der Waals surface area contributed by atoms with Crippen LogP contribution in [-0.2, 0) is 19.5 Å². The van der Waals surface area contributed by atoms with Crippen LogP contribution in [0.15, 0.2) is 45.8 Å². The van der Waals surface area contributed by atoms with Gasteiger partial charge < -0.3 is 4.42 Å². The average Bonchev–Trinajstić information content (AvgIpc) is 3.27. The third-order valence-corrected chi connectivity index (χ3v) is 5.33. The first-order valence-electron chi connectivity index (χ1n) is 9.41. The van der Waals surface area contributed by atoms with Crippen LogP contribution < -0.4 is 5.56 Å². The molecular weight excluding hydrogens is 354 g/mol.